The van der Waals surface area contributed by atoms with E-state index in [4.69, 9.17) is 0 Å². The van der Waals surface area contributed by atoms with Crippen molar-refractivity contribution in [1.82, 2.24) is 10.6 Å². The van der Waals surface area contributed by atoms with E-state index >= 15 is 0 Å². The summed E-state index contributed by atoms with van der Waals surface area (Å²) in [5.74, 6) is -0.236. The summed E-state index contributed by atoms with van der Waals surface area (Å²) in [6, 6.07) is 14.9. The van der Waals surface area contributed by atoms with Crippen LogP contribution in [0.15, 0.2) is 60.2 Å². The Hall–Kier alpha value is -2.88. The Bertz CT molecular complexity index is 836. The number of aryl methyl sites for hydroxylation is 1. The highest BCUT2D eigenvalue weighted by Gasteiger charge is 2.10. The van der Waals surface area contributed by atoms with Crippen LogP contribution < -0.4 is 10.6 Å². The summed E-state index contributed by atoms with van der Waals surface area (Å²) in [6.45, 7) is 3.17. The fraction of sp³-hybridized carbons (Fsp3) is 0.333. The Kier molecular flexibility index (Phi) is 7.01. The minimum absolute atomic E-state index is 0.0944. The van der Waals surface area contributed by atoms with E-state index in [9.17, 15) is 9.59 Å². The van der Waals surface area contributed by atoms with Crippen molar-refractivity contribution in [2.45, 2.75) is 45.6 Å². The van der Waals surface area contributed by atoms with Crippen LogP contribution in [0.4, 0.5) is 0 Å². The molecule has 1 aliphatic carbocycles. The summed E-state index contributed by atoms with van der Waals surface area (Å²) < 4.78 is 0. The molecule has 0 aromatic heterocycles. The van der Waals surface area contributed by atoms with Crippen molar-refractivity contribution in [2.24, 2.45) is 0 Å². The monoisotopic (exact) mass is 376 g/mol. The Morgan fingerprint density at radius 1 is 0.857 bits per heavy atom. The van der Waals surface area contributed by atoms with Crippen LogP contribution in [0, 0.1) is 6.92 Å². The zero-order chi connectivity index (χ0) is 19.8. The zero-order valence-corrected chi connectivity index (χ0v) is 16.5. The third-order valence-electron chi connectivity index (χ3n) is 5.10. The number of nitrogens with one attached hydrogen (secondary N) is 2. The van der Waals surface area contributed by atoms with Gasteiger partial charge in [0.15, 0.2) is 0 Å². The predicted molar refractivity (Wildman–Crippen MR) is 112 cm³/mol. The van der Waals surface area contributed by atoms with Gasteiger partial charge in [0.1, 0.15) is 0 Å². The first-order valence-corrected chi connectivity index (χ1v) is 10.0. The highest BCUT2D eigenvalue weighted by atomic mass is 16.2. The molecule has 146 valence electrons. The maximum Gasteiger partial charge on any atom is 0.251 e. The summed E-state index contributed by atoms with van der Waals surface area (Å²) in [5, 5.41) is 5.87. The Balaban J connectivity index is 1.46. The lowest BCUT2D eigenvalue weighted by Gasteiger charge is -2.13. The highest BCUT2D eigenvalue weighted by Crippen LogP contribution is 2.19. The van der Waals surface area contributed by atoms with Gasteiger partial charge in [-0.2, -0.15) is 0 Å². The van der Waals surface area contributed by atoms with Crippen LogP contribution in [0.25, 0.3) is 0 Å². The molecule has 0 radical (unpaired) electrons. The fourth-order valence-corrected chi connectivity index (χ4v) is 3.33. The van der Waals surface area contributed by atoms with Crippen LogP contribution in [0.3, 0.4) is 0 Å². The maximum absolute atomic E-state index is 12.3. The van der Waals surface area contributed by atoms with E-state index in [-0.39, 0.29) is 11.8 Å². The highest BCUT2D eigenvalue weighted by molar-refractivity contribution is 5.97. The zero-order valence-electron chi connectivity index (χ0n) is 16.5. The molecule has 0 bridgehead atoms. The minimum Gasteiger partial charge on any atom is -0.352 e. The van der Waals surface area contributed by atoms with E-state index in [2.05, 4.69) is 16.7 Å². The summed E-state index contributed by atoms with van der Waals surface area (Å²) >= 11 is 0. The molecule has 4 nitrogen and oxygen atoms in total. The molecule has 3 rings (SSSR count). The number of hydrogen-bond acceptors (Lipinski definition) is 2. The number of allylic oxidation sites excluding steroid dienone is 1. The second-order valence-corrected chi connectivity index (χ2v) is 7.36. The molecule has 0 fully saturated rings. The summed E-state index contributed by atoms with van der Waals surface area (Å²) in [5.41, 5.74) is 4.83. The number of benzene rings is 2. The van der Waals surface area contributed by atoms with Gasteiger partial charge >= 0.3 is 0 Å². The molecule has 4 heteroatoms. The van der Waals surface area contributed by atoms with E-state index in [1.165, 1.54) is 24.0 Å². The van der Waals surface area contributed by atoms with Gasteiger partial charge in [0, 0.05) is 24.2 Å². The molecular weight excluding hydrogens is 348 g/mol. The van der Waals surface area contributed by atoms with E-state index < -0.39 is 0 Å². The van der Waals surface area contributed by atoms with Gasteiger partial charge < -0.3 is 10.6 Å². The van der Waals surface area contributed by atoms with Crippen molar-refractivity contribution < 1.29 is 9.59 Å². The van der Waals surface area contributed by atoms with E-state index in [0.29, 0.717) is 24.2 Å². The fourth-order valence-electron chi connectivity index (χ4n) is 3.33. The molecule has 2 amide bonds. The molecule has 28 heavy (non-hydrogen) atoms. The Morgan fingerprint density at radius 2 is 1.50 bits per heavy atom. The average molecular weight is 377 g/mol. The second kappa shape index (κ2) is 9.88. The quantitative estimate of drug-likeness (QED) is 0.697. The Morgan fingerprint density at radius 3 is 2.11 bits per heavy atom. The van der Waals surface area contributed by atoms with Crippen LogP contribution >= 0.6 is 0 Å². The third-order valence-corrected chi connectivity index (χ3v) is 5.10. The smallest absolute Gasteiger partial charge is 0.251 e. The van der Waals surface area contributed by atoms with Gasteiger partial charge in [0.25, 0.3) is 11.8 Å². The first kappa shape index (κ1) is 19.9. The van der Waals surface area contributed by atoms with Gasteiger partial charge in [-0.1, -0.05) is 41.5 Å². The van der Waals surface area contributed by atoms with Crippen LogP contribution in [0.2, 0.25) is 0 Å². The van der Waals surface area contributed by atoms with Crippen LogP contribution in [-0.2, 0) is 6.54 Å². The molecule has 0 spiro atoms. The molecule has 0 atom stereocenters. The SMILES string of the molecule is Cc1ccc(CNC(=O)c2ccc(C(=O)NCCC3=CCCCC3)cc2)cc1. The Labute approximate surface area is 167 Å². The topological polar surface area (TPSA) is 58.2 Å². The number of rotatable bonds is 7. The molecule has 2 aromatic rings. The first-order chi connectivity index (χ1) is 13.6. The van der Waals surface area contributed by atoms with Crippen LogP contribution in [0.1, 0.15) is 63.9 Å². The summed E-state index contributed by atoms with van der Waals surface area (Å²) in [6.07, 6.45) is 8.08. The van der Waals surface area contributed by atoms with Crippen molar-refractivity contribution in [2.75, 3.05) is 6.54 Å². The van der Waals surface area contributed by atoms with Gasteiger partial charge in [0.05, 0.1) is 0 Å². The standard InChI is InChI=1S/C24H28N2O2/c1-18-7-9-20(10-8-18)17-26-24(28)22-13-11-21(12-14-22)23(27)25-16-15-19-5-3-2-4-6-19/h5,7-14H,2-4,6,15-17H2,1H3,(H,25,27)(H,26,28). The second-order valence-electron chi connectivity index (χ2n) is 7.36. The molecule has 0 aliphatic heterocycles. The van der Waals surface area contributed by atoms with Crippen LogP contribution in [-0.4, -0.2) is 18.4 Å². The third kappa shape index (κ3) is 5.81. The molecule has 2 aromatic carbocycles. The first-order valence-electron chi connectivity index (χ1n) is 10.0. The van der Waals surface area contributed by atoms with Crippen molar-refractivity contribution in [1.29, 1.82) is 0 Å². The molecule has 0 saturated carbocycles. The van der Waals surface area contributed by atoms with Crippen molar-refractivity contribution in [3.05, 3.63) is 82.4 Å². The van der Waals surface area contributed by atoms with Crippen molar-refractivity contribution in [3.63, 3.8) is 0 Å². The predicted octanol–water partition coefficient (Wildman–Crippen LogP) is 4.55. The van der Waals surface area contributed by atoms with E-state index in [1.54, 1.807) is 24.3 Å². The van der Waals surface area contributed by atoms with Crippen molar-refractivity contribution >= 4 is 11.8 Å². The summed E-state index contributed by atoms with van der Waals surface area (Å²) in [4.78, 5) is 24.6. The number of carbonyl (C=O) groups is 2. The van der Waals surface area contributed by atoms with Gasteiger partial charge in [-0.25, -0.2) is 0 Å². The normalized spacial score (nSPS) is 13.5. The lowest BCUT2D eigenvalue weighted by molar-refractivity contribution is 0.0940. The number of hydrogen-bond donors (Lipinski definition) is 2. The summed E-state index contributed by atoms with van der Waals surface area (Å²) in [7, 11) is 0. The molecule has 0 unspecified atom stereocenters. The van der Waals surface area contributed by atoms with Gasteiger partial charge in [0.2, 0.25) is 0 Å². The average Bonchev–Trinajstić information content (AvgIpc) is 2.74. The van der Waals surface area contributed by atoms with Gasteiger partial charge in [-0.15, -0.1) is 0 Å². The minimum atomic E-state index is -0.142. The van der Waals surface area contributed by atoms with Crippen molar-refractivity contribution in [3.8, 4) is 0 Å². The lowest BCUT2D eigenvalue weighted by Crippen LogP contribution is -2.25. The molecular formula is C24H28N2O2. The van der Waals surface area contributed by atoms with E-state index in [0.717, 1.165) is 24.8 Å². The number of carbonyl (C=O) groups excluding carboxylic acids is 2. The van der Waals surface area contributed by atoms with E-state index in [1.807, 2.05) is 31.2 Å². The maximum atomic E-state index is 12.3. The molecule has 1 aliphatic rings. The largest absolute Gasteiger partial charge is 0.352 e. The van der Waals surface area contributed by atoms with Crippen LogP contribution in [0.5, 0.6) is 0 Å². The molecule has 0 heterocycles. The van der Waals surface area contributed by atoms with Gasteiger partial charge in [-0.05, 0) is 68.9 Å². The van der Waals surface area contributed by atoms with Gasteiger partial charge in [-0.3, -0.25) is 9.59 Å². The molecule has 0 saturated heterocycles. The lowest BCUT2D eigenvalue weighted by atomic mass is 9.97. The molecule has 2 N–H and O–H groups in total. The number of amides is 2.